The van der Waals surface area contributed by atoms with E-state index in [4.69, 9.17) is 9.84 Å². The molecule has 10 heteroatoms. The van der Waals surface area contributed by atoms with Crippen LogP contribution in [0.3, 0.4) is 0 Å². The number of hydrogen-bond donors (Lipinski definition) is 3. The molecule has 1 aromatic heterocycles. The van der Waals surface area contributed by atoms with Gasteiger partial charge in [-0.05, 0) is 12.0 Å². The van der Waals surface area contributed by atoms with E-state index in [1.165, 1.54) is 6.07 Å². The molecule has 1 saturated heterocycles. The first-order valence-corrected chi connectivity index (χ1v) is 9.45. The molecular weight excluding hydrogens is 376 g/mol. The maximum atomic E-state index is 14.2. The maximum Gasteiger partial charge on any atom is 0.351 e. The monoisotopic (exact) mass is 403 g/mol. The summed E-state index contributed by atoms with van der Waals surface area (Å²) < 4.78 is 33.8. The second kappa shape index (κ2) is 9.53. The Balaban J connectivity index is 2.10. The molecule has 1 aliphatic rings. The van der Waals surface area contributed by atoms with Crippen LogP contribution in [0.4, 0.5) is 14.6 Å². The minimum absolute atomic E-state index is 0.0430. The lowest BCUT2D eigenvalue weighted by atomic mass is 9.94. The Morgan fingerprint density at radius 2 is 2.04 bits per heavy atom. The molecular formula is C18H27F2N3O5. The summed E-state index contributed by atoms with van der Waals surface area (Å²) in [6.07, 6.45) is -0.791. The van der Waals surface area contributed by atoms with E-state index >= 15 is 0 Å². The molecule has 1 fully saturated rings. The van der Waals surface area contributed by atoms with Crippen LogP contribution in [0.15, 0.2) is 17.1 Å². The maximum absolute atomic E-state index is 14.2. The van der Waals surface area contributed by atoms with Gasteiger partial charge in [-0.3, -0.25) is 9.36 Å². The highest BCUT2D eigenvalue weighted by atomic mass is 19.3. The molecule has 3 N–H and O–H groups in total. The molecule has 8 nitrogen and oxygen atoms in total. The van der Waals surface area contributed by atoms with Crippen molar-refractivity contribution >= 4 is 11.7 Å². The summed E-state index contributed by atoms with van der Waals surface area (Å²) in [7, 11) is 0. The van der Waals surface area contributed by atoms with Crippen molar-refractivity contribution in [2.75, 3.05) is 11.9 Å². The number of nitrogens with zero attached hydrogens (tertiary/aromatic N) is 2. The minimum Gasteiger partial charge on any atom is -0.394 e. The topological polar surface area (TPSA) is 114 Å². The summed E-state index contributed by atoms with van der Waals surface area (Å²) in [4.78, 5) is 28.0. The van der Waals surface area contributed by atoms with Crippen LogP contribution >= 0.6 is 0 Å². The number of ether oxygens (including phenoxy) is 1. The van der Waals surface area contributed by atoms with Gasteiger partial charge < -0.3 is 20.3 Å². The number of halogens is 2. The van der Waals surface area contributed by atoms with E-state index < -0.39 is 36.7 Å². The van der Waals surface area contributed by atoms with Gasteiger partial charge in [0, 0.05) is 12.6 Å². The van der Waals surface area contributed by atoms with Crippen molar-refractivity contribution in [1.82, 2.24) is 9.55 Å². The third-order valence-electron chi connectivity index (χ3n) is 4.78. The van der Waals surface area contributed by atoms with Crippen molar-refractivity contribution < 1.29 is 28.5 Å². The highest BCUT2D eigenvalue weighted by Crippen LogP contribution is 2.41. The number of alkyl halides is 2. The summed E-state index contributed by atoms with van der Waals surface area (Å²) in [5.41, 5.74) is -1.06. The van der Waals surface area contributed by atoms with Crippen LogP contribution in [0.2, 0.25) is 0 Å². The zero-order chi connectivity index (χ0) is 20.9. The van der Waals surface area contributed by atoms with Crippen molar-refractivity contribution in [3.05, 3.63) is 22.7 Å². The van der Waals surface area contributed by atoms with E-state index in [1.807, 2.05) is 13.8 Å². The molecule has 0 unspecified atom stereocenters. The van der Waals surface area contributed by atoms with Crippen LogP contribution in [0.5, 0.6) is 0 Å². The molecule has 3 atom stereocenters. The van der Waals surface area contributed by atoms with Gasteiger partial charge >= 0.3 is 11.6 Å². The third-order valence-corrected chi connectivity index (χ3v) is 4.78. The highest BCUT2D eigenvalue weighted by Gasteiger charge is 2.59. The molecule has 0 saturated carbocycles. The van der Waals surface area contributed by atoms with Gasteiger partial charge in [-0.25, -0.2) is 4.79 Å². The summed E-state index contributed by atoms with van der Waals surface area (Å²) in [5.74, 6) is -3.89. The molecule has 1 aliphatic heterocycles. The van der Waals surface area contributed by atoms with E-state index in [9.17, 15) is 23.5 Å². The number of aromatic nitrogens is 2. The summed E-state index contributed by atoms with van der Waals surface area (Å²) in [5, 5.41) is 21.1. The number of hydrogen-bond acceptors (Lipinski definition) is 6. The zero-order valence-electron chi connectivity index (χ0n) is 16.0. The van der Waals surface area contributed by atoms with Crippen LogP contribution in [0, 0.1) is 5.92 Å². The molecule has 1 aromatic rings. The quantitative estimate of drug-likeness (QED) is 0.578. The third kappa shape index (κ3) is 4.92. The van der Waals surface area contributed by atoms with Crippen molar-refractivity contribution in [3.8, 4) is 0 Å². The lowest BCUT2D eigenvalue weighted by Crippen LogP contribution is -2.41. The van der Waals surface area contributed by atoms with Crippen LogP contribution < -0.4 is 11.0 Å². The van der Waals surface area contributed by atoms with Crippen molar-refractivity contribution in [2.45, 2.75) is 70.3 Å². The molecule has 0 bridgehead atoms. The lowest BCUT2D eigenvalue weighted by molar-refractivity contribution is -0.141. The lowest BCUT2D eigenvalue weighted by Gasteiger charge is -2.21. The Morgan fingerprint density at radius 3 is 2.54 bits per heavy atom. The van der Waals surface area contributed by atoms with E-state index in [2.05, 4.69) is 10.3 Å². The fourth-order valence-corrected chi connectivity index (χ4v) is 3.40. The summed E-state index contributed by atoms with van der Waals surface area (Å²) in [6.45, 7) is 3.27. The summed E-state index contributed by atoms with van der Waals surface area (Å²) in [6, 6.07) is 1.21. The fraction of sp³-hybridized carbons (Fsp3) is 0.722. The minimum atomic E-state index is -3.78. The summed E-state index contributed by atoms with van der Waals surface area (Å²) >= 11 is 0. The first-order valence-electron chi connectivity index (χ1n) is 9.45. The Morgan fingerprint density at radius 1 is 1.39 bits per heavy atom. The molecule has 2 heterocycles. The van der Waals surface area contributed by atoms with E-state index in [-0.39, 0.29) is 17.6 Å². The zero-order valence-corrected chi connectivity index (χ0v) is 16.0. The van der Waals surface area contributed by atoms with Gasteiger partial charge in [-0.1, -0.05) is 39.5 Å². The molecule has 2 rings (SSSR count). The molecule has 0 radical (unpaired) electrons. The number of carbonyl (C=O) groups excluding carboxylic acids is 1. The van der Waals surface area contributed by atoms with Crippen molar-refractivity contribution in [2.24, 2.45) is 5.92 Å². The second-order valence-corrected chi connectivity index (χ2v) is 7.03. The van der Waals surface area contributed by atoms with Crippen molar-refractivity contribution in [1.29, 1.82) is 0 Å². The Hall–Kier alpha value is -1.91. The first kappa shape index (κ1) is 22.4. The van der Waals surface area contributed by atoms with Crippen LogP contribution in [0.1, 0.15) is 52.2 Å². The Kier molecular flexibility index (Phi) is 7.62. The Bertz CT molecular complexity index is 721. The van der Waals surface area contributed by atoms with Gasteiger partial charge in [0.05, 0.1) is 6.61 Å². The number of aliphatic hydroxyl groups is 2. The fourth-order valence-electron chi connectivity index (χ4n) is 3.40. The van der Waals surface area contributed by atoms with Crippen molar-refractivity contribution in [3.63, 3.8) is 0 Å². The molecule has 158 valence electrons. The van der Waals surface area contributed by atoms with Gasteiger partial charge in [0.1, 0.15) is 11.9 Å². The number of anilines is 1. The second-order valence-electron chi connectivity index (χ2n) is 7.03. The van der Waals surface area contributed by atoms with Crippen LogP contribution in [0.25, 0.3) is 0 Å². The largest absolute Gasteiger partial charge is 0.394 e. The van der Waals surface area contributed by atoms with E-state index in [1.54, 1.807) is 0 Å². The molecule has 0 aromatic carbocycles. The molecule has 28 heavy (non-hydrogen) atoms. The number of amides is 1. The molecule has 0 aliphatic carbocycles. The molecule has 1 amide bonds. The van der Waals surface area contributed by atoms with Gasteiger partial charge in [0.15, 0.2) is 6.10 Å². The van der Waals surface area contributed by atoms with Gasteiger partial charge in [0.2, 0.25) is 12.1 Å². The number of rotatable bonds is 9. The SMILES string of the molecule is CCCC(CCC)CC(=O)Nc1ccn([C@@H]2O[C@H](CO)[C@@H](O)C2(F)F)c(=O)n1. The normalized spacial score (nSPS) is 23.9. The van der Waals surface area contributed by atoms with E-state index in [0.717, 1.165) is 31.9 Å². The van der Waals surface area contributed by atoms with Crippen LogP contribution in [-0.4, -0.2) is 50.4 Å². The first-order chi connectivity index (χ1) is 13.2. The van der Waals surface area contributed by atoms with Gasteiger partial charge in [-0.2, -0.15) is 13.8 Å². The smallest absolute Gasteiger partial charge is 0.351 e. The number of aliphatic hydroxyl groups excluding tert-OH is 2. The average Bonchev–Trinajstić information content (AvgIpc) is 2.85. The van der Waals surface area contributed by atoms with Crippen LogP contribution in [-0.2, 0) is 9.53 Å². The number of carbonyl (C=O) groups is 1. The predicted molar refractivity (Wildman–Crippen MR) is 97.0 cm³/mol. The van der Waals surface area contributed by atoms with E-state index in [0.29, 0.717) is 11.0 Å². The van der Waals surface area contributed by atoms with Gasteiger partial charge in [0.25, 0.3) is 0 Å². The van der Waals surface area contributed by atoms with Gasteiger partial charge in [-0.15, -0.1) is 0 Å². The highest BCUT2D eigenvalue weighted by molar-refractivity contribution is 5.89. The standard InChI is InChI=1S/C18H27F2N3O5/c1-3-5-11(6-4-2)9-14(25)21-13-7-8-23(17(27)22-13)16-18(19,20)15(26)12(10-24)28-16/h7-8,11-12,15-16,24,26H,3-6,9-10H2,1-2H3,(H,21,22,25,27)/t12-,15-,16-/m1/s1. The number of nitrogens with one attached hydrogen (secondary N) is 1. The average molecular weight is 403 g/mol. The Labute approximate surface area is 161 Å². The molecule has 0 spiro atoms. The predicted octanol–water partition coefficient (Wildman–Crippen LogP) is 1.67.